The highest BCUT2D eigenvalue weighted by atomic mass is 32.2. The van der Waals surface area contributed by atoms with Gasteiger partial charge in [-0.05, 0) is 56.8 Å². The molecule has 2 amide bonds. The number of nitrogens with zero attached hydrogens (tertiary/aromatic N) is 1. The zero-order valence-electron chi connectivity index (χ0n) is 18.6. The molecule has 0 aromatic heterocycles. The fourth-order valence-corrected chi connectivity index (χ4v) is 4.39. The summed E-state index contributed by atoms with van der Waals surface area (Å²) in [5.41, 5.74) is 0.926. The van der Waals surface area contributed by atoms with Crippen LogP contribution in [0, 0.1) is 5.92 Å². The van der Waals surface area contributed by atoms with E-state index in [-0.39, 0.29) is 28.7 Å². The van der Waals surface area contributed by atoms with Crippen molar-refractivity contribution in [1.82, 2.24) is 15.5 Å². The molecule has 1 aliphatic rings. The Labute approximate surface area is 186 Å². The number of carbonyl (C=O) groups excluding carboxylic acids is 2. The second-order valence-corrected chi connectivity index (χ2v) is 9.94. The third-order valence-electron chi connectivity index (χ3n) is 5.63. The van der Waals surface area contributed by atoms with Crippen LogP contribution >= 0.6 is 0 Å². The summed E-state index contributed by atoms with van der Waals surface area (Å²) in [6.07, 6.45) is 4.91. The van der Waals surface area contributed by atoms with Crippen LogP contribution in [0.1, 0.15) is 51.5 Å². The van der Waals surface area contributed by atoms with Gasteiger partial charge in [-0.2, -0.15) is 0 Å². The molecule has 1 saturated heterocycles. The quantitative estimate of drug-likeness (QED) is 0.469. The molecule has 8 nitrogen and oxygen atoms in total. The minimum Gasteiger partial charge on any atom is -0.356 e. The summed E-state index contributed by atoms with van der Waals surface area (Å²) in [7, 11) is -3.69. The molecule has 0 saturated carbocycles. The van der Waals surface area contributed by atoms with E-state index in [9.17, 15) is 18.0 Å². The molecule has 2 atom stereocenters. The third kappa shape index (κ3) is 8.96. The van der Waals surface area contributed by atoms with Crippen molar-refractivity contribution >= 4 is 21.8 Å². The van der Waals surface area contributed by atoms with Gasteiger partial charge in [0.25, 0.3) is 0 Å². The first-order chi connectivity index (χ1) is 14.7. The number of benzene rings is 1. The number of nitrogens with one attached hydrogen (secondary N) is 2. The molecule has 0 spiro atoms. The van der Waals surface area contributed by atoms with E-state index in [1.54, 1.807) is 12.1 Å². The van der Waals surface area contributed by atoms with Crippen LogP contribution in [0.5, 0.6) is 0 Å². The van der Waals surface area contributed by atoms with Crippen LogP contribution in [0.15, 0.2) is 29.2 Å². The molecular weight excluding hydrogens is 416 g/mol. The van der Waals surface area contributed by atoms with Crippen molar-refractivity contribution in [2.45, 2.75) is 63.3 Å². The molecule has 1 aromatic rings. The Morgan fingerprint density at radius 2 is 1.97 bits per heavy atom. The van der Waals surface area contributed by atoms with E-state index < -0.39 is 10.0 Å². The number of likely N-dealkylation sites (tertiary alicyclic amines) is 1. The molecule has 0 aliphatic carbocycles. The number of carbonyl (C=O) groups is 2. The first-order valence-corrected chi connectivity index (χ1v) is 12.6. The fraction of sp³-hybridized carbons (Fsp3) is 0.636. The lowest BCUT2D eigenvalue weighted by atomic mass is 9.96. The van der Waals surface area contributed by atoms with Gasteiger partial charge in [-0.3, -0.25) is 9.59 Å². The topological polar surface area (TPSA) is 122 Å². The highest BCUT2D eigenvalue weighted by Crippen LogP contribution is 2.17. The van der Waals surface area contributed by atoms with Crippen LogP contribution in [0.4, 0.5) is 0 Å². The minimum absolute atomic E-state index is 0.00331. The molecule has 174 valence electrons. The van der Waals surface area contributed by atoms with Crippen molar-refractivity contribution < 1.29 is 18.0 Å². The fourth-order valence-electron chi connectivity index (χ4n) is 3.88. The van der Waals surface area contributed by atoms with Crippen molar-refractivity contribution in [3.05, 3.63) is 29.8 Å². The van der Waals surface area contributed by atoms with Crippen molar-refractivity contribution in [3.8, 4) is 0 Å². The van der Waals surface area contributed by atoms with Crippen molar-refractivity contribution in [2.75, 3.05) is 26.2 Å². The molecule has 31 heavy (non-hydrogen) atoms. The van der Waals surface area contributed by atoms with Gasteiger partial charge in [0.1, 0.15) is 0 Å². The van der Waals surface area contributed by atoms with Crippen LogP contribution in [0.2, 0.25) is 0 Å². The Morgan fingerprint density at radius 3 is 2.61 bits per heavy atom. The summed E-state index contributed by atoms with van der Waals surface area (Å²) in [6, 6.07) is 6.55. The van der Waals surface area contributed by atoms with Gasteiger partial charge in [-0.1, -0.05) is 25.5 Å². The number of rotatable bonds is 11. The second kappa shape index (κ2) is 12.2. The maximum atomic E-state index is 12.5. The average Bonchev–Trinajstić information content (AvgIpc) is 2.72. The number of amides is 2. The van der Waals surface area contributed by atoms with E-state index in [1.165, 1.54) is 12.1 Å². The molecule has 0 bridgehead atoms. The number of nitrogens with two attached hydrogens (primary N) is 1. The maximum absolute atomic E-state index is 12.5. The first-order valence-electron chi connectivity index (χ1n) is 11.1. The van der Waals surface area contributed by atoms with Gasteiger partial charge in [0.15, 0.2) is 0 Å². The molecule has 9 heteroatoms. The smallest absolute Gasteiger partial charge is 0.238 e. The lowest BCUT2D eigenvalue weighted by Gasteiger charge is -2.32. The summed E-state index contributed by atoms with van der Waals surface area (Å²) in [5, 5.41) is 11.1. The maximum Gasteiger partial charge on any atom is 0.238 e. The number of piperidine rings is 1. The average molecular weight is 453 g/mol. The normalized spacial score (nSPS) is 18.4. The van der Waals surface area contributed by atoms with Gasteiger partial charge in [0.05, 0.1) is 10.8 Å². The number of primary sulfonamides is 1. The summed E-state index contributed by atoms with van der Waals surface area (Å²) in [5.74, 6) is 0.101. The Hall–Kier alpha value is -1.97. The Bertz CT molecular complexity index is 826. The van der Waals surface area contributed by atoms with Gasteiger partial charge < -0.3 is 15.5 Å². The van der Waals surface area contributed by atoms with Crippen molar-refractivity contribution in [2.24, 2.45) is 11.1 Å². The Kier molecular flexibility index (Phi) is 9.93. The largest absolute Gasteiger partial charge is 0.356 e. The lowest BCUT2D eigenvalue weighted by Crippen LogP contribution is -2.46. The van der Waals surface area contributed by atoms with Crippen molar-refractivity contribution in [1.29, 1.82) is 0 Å². The second-order valence-electron chi connectivity index (χ2n) is 8.38. The molecule has 0 radical (unpaired) electrons. The molecule has 1 heterocycles. The zero-order chi connectivity index (χ0) is 22.9. The lowest BCUT2D eigenvalue weighted by molar-refractivity contribution is -0.127. The molecule has 1 aromatic carbocycles. The molecule has 1 aliphatic heterocycles. The van der Waals surface area contributed by atoms with E-state index in [2.05, 4.69) is 22.5 Å². The van der Waals surface area contributed by atoms with Crippen LogP contribution < -0.4 is 15.8 Å². The van der Waals surface area contributed by atoms with Crippen LogP contribution in [0.3, 0.4) is 0 Å². The monoisotopic (exact) mass is 452 g/mol. The zero-order valence-corrected chi connectivity index (χ0v) is 19.4. The summed E-state index contributed by atoms with van der Waals surface area (Å²) < 4.78 is 22.6. The molecular formula is C22H36N4O4S. The first kappa shape index (κ1) is 25.3. The molecule has 2 rings (SSSR count). The van der Waals surface area contributed by atoms with E-state index >= 15 is 0 Å². The minimum atomic E-state index is -3.69. The Balaban J connectivity index is 1.68. The van der Waals surface area contributed by atoms with Crippen LogP contribution in [-0.4, -0.2) is 57.4 Å². The van der Waals surface area contributed by atoms with E-state index in [4.69, 9.17) is 5.14 Å². The predicted molar refractivity (Wildman–Crippen MR) is 121 cm³/mol. The summed E-state index contributed by atoms with van der Waals surface area (Å²) >= 11 is 0. The molecule has 4 N–H and O–H groups in total. The third-order valence-corrected chi connectivity index (χ3v) is 6.56. The van der Waals surface area contributed by atoms with E-state index in [0.717, 1.165) is 37.8 Å². The van der Waals surface area contributed by atoms with Gasteiger partial charge in [-0.15, -0.1) is 0 Å². The standard InChI is InChI=1S/C22H36N4O4S/c1-3-5-17(2)25-22(28)19-6-4-14-26(16-19)15-12-21(27)24-13-11-18-7-9-20(10-8-18)31(23,29)30/h7-10,17,19H,3-6,11-16H2,1-2H3,(H,24,27)(H,25,28)(H2,23,29,30). The highest BCUT2D eigenvalue weighted by Gasteiger charge is 2.26. The number of hydrogen-bond acceptors (Lipinski definition) is 5. The molecule has 2 unspecified atom stereocenters. The van der Waals surface area contributed by atoms with Crippen LogP contribution in [0.25, 0.3) is 0 Å². The van der Waals surface area contributed by atoms with Gasteiger partial charge in [0, 0.05) is 32.1 Å². The van der Waals surface area contributed by atoms with Crippen LogP contribution in [-0.2, 0) is 26.0 Å². The van der Waals surface area contributed by atoms with Gasteiger partial charge >= 0.3 is 0 Å². The van der Waals surface area contributed by atoms with Crippen molar-refractivity contribution in [3.63, 3.8) is 0 Å². The van der Waals surface area contributed by atoms with E-state index in [1.807, 2.05) is 6.92 Å². The summed E-state index contributed by atoms with van der Waals surface area (Å²) in [6.45, 7) is 6.89. The SMILES string of the molecule is CCCC(C)NC(=O)C1CCCN(CCC(=O)NCCc2ccc(S(N)(=O)=O)cc2)C1. The van der Waals surface area contributed by atoms with Gasteiger partial charge in [0.2, 0.25) is 21.8 Å². The highest BCUT2D eigenvalue weighted by molar-refractivity contribution is 7.89. The molecule has 1 fully saturated rings. The Morgan fingerprint density at radius 1 is 1.26 bits per heavy atom. The summed E-state index contributed by atoms with van der Waals surface area (Å²) in [4.78, 5) is 26.9. The van der Waals surface area contributed by atoms with E-state index in [0.29, 0.717) is 32.5 Å². The predicted octanol–water partition coefficient (Wildman–Crippen LogP) is 1.40. The van der Waals surface area contributed by atoms with Gasteiger partial charge in [-0.25, -0.2) is 13.6 Å². The number of sulfonamides is 1. The number of hydrogen-bond donors (Lipinski definition) is 3.